The van der Waals surface area contributed by atoms with Crippen LogP contribution < -0.4 is 5.32 Å². The zero-order valence-corrected chi connectivity index (χ0v) is 13.2. The van der Waals surface area contributed by atoms with Crippen LogP contribution in [-0.2, 0) is 6.42 Å². The van der Waals surface area contributed by atoms with Crippen LogP contribution in [-0.4, -0.2) is 11.5 Å². The molecule has 0 spiro atoms. The Balaban J connectivity index is 2.22. The Morgan fingerprint density at radius 2 is 2.25 bits per heavy atom. The molecule has 1 aromatic carbocycles. The van der Waals surface area contributed by atoms with Gasteiger partial charge in [0.1, 0.15) is 5.82 Å². The first kappa shape index (κ1) is 15.4. The van der Waals surface area contributed by atoms with E-state index in [-0.39, 0.29) is 11.9 Å². The van der Waals surface area contributed by atoms with E-state index in [0.717, 1.165) is 23.7 Å². The summed E-state index contributed by atoms with van der Waals surface area (Å²) in [6.07, 6.45) is 1.69. The summed E-state index contributed by atoms with van der Waals surface area (Å²) < 4.78 is 14.1. The van der Waals surface area contributed by atoms with E-state index >= 15 is 0 Å². The molecule has 1 aromatic heterocycles. The van der Waals surface area contributed by atoms with Gasteiger partial charge in [0.25, 0.3) is 0 Å². The lowest BCUT2D eigenvalue weighted by Gasteiger charge is -2.18. The molecule has 2 aromatic rings. The summed E-state index contributed by atoms with van der Waals surface area (Å²) in [5, 5.41) is 6.85. The van der Waals surface area contributed by atoms with Gasteiger partial charge in [-0.05, 0) is 32.0 Å². The predicted molar refractivity (Wildman–Crippen MR) is 83.0 cm³/mol. The van der Waals surface area contributed by atoms with Crippen molar-refractivity contribution in [3.63, 3.8) is 0 Å². The zero-order chi connectivity index (χ0) is 14.5. The molecule has 0 aliphatic heterocycles. The first-order chi connectivity index (χ1) is 9.60. The first-order valence-electron chi connectivity index (χ1n) is 6.69. The van der Waals surface area contributed by atoms with Gasteiger partial charge in [0.05, 0.1) is 5.01 Å². The van der Waals surface area contributed by atoms with Gasteiger partial charge < -0.3 is 5.32 Å². The molecule has 2 rings (SSSR count). The second-order valence-electron chi connectivity index (χ2n) is 4.76. The molecule has 108 valence electrons. The Hall–Kier alpha value is -0.970. The van der Waals surface area contributed by atoms with Crippen molar-refractivity contribution in [3.8, 4) is 0 Å². The fourth-order valence-corrected chi connectivity index (χ4v) is 3.04. The summed E-state index contributed by atoms with van der Waals surface area (Å²) in [5.74, 6) is -0.264. The van der Waals surface area contributed by atoms with E-state index in [4.69, 9.17) is 11.6 Å². The number of benzene rings is 1. The van der Waals surface area contributed by atoms with Crippen molar-refractivity contribution >= 4 is 22.9 Å². The lowest BCUT2D eigenvalue weighted by Crippen LogP contribution is -2.25. The topological polar surface area (TPSA) is 24.9 Å². The number of nitrogens with zero attached hydrogens (tertiary/aromatic N) is 1. The fourth-order valence-electron chi connectivity index (χ4n) is 2.07. The molecule has 20 heavy (non-hydrogen) atoms. The number of aryl methyl sites for hydroxylation is 1. The van der Waals surface area contributed by atoms with E-state index in [9.17, 15) is 4.39 Å². The molecule has 1 atom stereocenters. The second-order valence-corrected chi connectivity index (χ2v) is 6.14. The van der Waals surface area contributed by atoms with E-state index in [1.54, 1.807) is 23.5 Å². The SMILES string of the molecule is CCCNC(Cc1nc(C)cs1)c1ccc(Cl)cc1F. The largest absolute Gasteiger partial charge is 0.309 e. The van der Waals surface area contributed by atoms with E-state index in [2.05, 4.69) is 17.2 Å². The minimum atomic E-state index is -0.264. The summed E-state index contributed by atoms with van der Waals surface area (Å²) in [4.78, 5) is 4.46. The Morgan fingerprint density at radius 3 is 2.85 bits per heavy atom. The van der Waals surface area contributed by atoms with Crippen LogP contribution in [0.3, 0.4) is 0 Å². The molecule has 0 aliphatic rings. The van der Waals surface area contributed by atoms with Crippen LogP contribution in [0.2, 0.25) is 5.02 Å². The predicted octanol–water partition coefficient (Wildman–Crippen LogP) is 4.53. The van der Waals surface area contributed by atoms with Crippen LogP contribution in [0, 0.1) is 12.7 Å². The van der Waals surface area contributed by atoms with Crippen molar-refractivity contribution in [2.75, 3.05) is 6.54 Å². The summed E-state index contributed by atoms with van der Waals surface area (Å²) in [6, 6.07) is 4.78. The van der Waals surface area contributed by atoms with E-state index in [0.29, 0.717) is 17.0 Å². The molecule has 0 saturated carbocycles. The number of rotatable bonds is 6. The van der Waals surface area contributed by atoms with Crippen LogP contribution in [0.15, 0.2) is 23.6 Å². The molecule has 1 heterocycles. The first-order valence-corrected chi connectivity index (χ1v) is 7.95. The van der Waals surface area contributed by atoms with Gasteiger partial charge in [-0.25, -0.2) is 9.37 Å². The van der Waals surface area contributed by atoms with Gasteiger partial charge in [-0.1, -0.05) is 24.6 Å². The molecule has 0 radical (unpaired) electrons. The maximum absolute atomic E-state index is 14.1. The maximum atomic E-state index is 14.1. The van der Waals surface area contributed by atoms with Crippen molar-refractivity contribution in [3.05, 3.63) is 50.7 Å². The number of aromatic nitrogens is 1. The van der Waals surface area contributed by atoms with E-state index < -0.39 is 0 Å². The molecule has 5 heteroatoms. The summed E-state index contributed by atoms with van der Waals surface area (Å²) in [7, 11) is 0. The molecule has 1 unspecified atom stereocenters. The number of nitrogens with one attached hydrogen (secondary N) is 1. The Bertz CT molecular complexity index is 571. The Labute approximate surface area is 128 Å². The Kier molecular flexibility index (Phi) is 5.52. The molecule has 0 amide bonds. The highest BCUT2D eigenvalue weighted by Crippen LogP contribution is 2.25. The molecule has 0 bridgehead atoms. The third kappa shape index (κ3) is 4.01. The monoisotopic (exact) mass is 312 g/mol. The van der Waals surface area contributed by atoms with Crippen LogP contribution in [0.25, 0.3) is 0 Å². The molecule has 0 aliphatic carbocycles. The van der Waals surface area contributed by atoms with Crippen molar-refractivity contribution in [2.24, 2.45) is 0 Å². The normalized spacial score (nSPS) is 12.6. The lowest BCUT2D eigenvalue weighted by molar-refractivity contribution is 0.496. The van der Waals surface area contributed by atoms with Gasteiger partial charge >= 0.3 is 0 Å². The summed E-state index contributed by atoms with van der Waals surface area (Å²) >= 11 is 7.43. The number of hydrogen-bond acceptors (Lipinski definition) is 3. The second kappa shape index (κ2) is 7.16. The third-order valence-corrected chi connectivity index (χ3v) is 4.25. The highest BCUT2D eigenvalue weighted by molar-refractivity contribution is 7.09. The highest BCUT2D eigenvalue weighted by atomic mass is 35.5. The van der Waals surface area contributed by atoms with Crippen LogP contribution in [0.5, 0.6) is 0 Å². The van der Waals surface area contributed by atoms with E-state index in [1.807, 2.05) is 12.3 Å². The average molecular weight is 313 g/mol. The van der Waals surface area contributed by atoms with Crippen molar-refractivity contribution in [1.82, 2.24) is 10.3 Å². The standard InChI is InChI=1S/C15H18ClFN2S/c1-3-6-18-14(8-15-19-10(2)9-20-15)12-5-4-11(16)7-13(12)17/h4-5,7,9,14,18H,3,6,8H2,1-2H3. The van der Waals surface area contributed by atoms with Crippen molar-refractivity contribution < 1.29 is 4.39 Å². The quantitative estimate of drug-likeness (QED) is 0.848. The molecular weight excluding hydrogens is 295 g/mol. The molecule has 0 fully saturated rings. The number of thiazole rings is 1. The minimum absolute atomic E-state index is 0.0715. The van der Waals surface area contributed by atoms with Crippen LogP contribution in [0.4, 0.5) is 4.39 Å². The highest BCUT2D eigenvalue weighted by Gasteiger charge is 2.17. The fraction of sp³-hybridized carbons (Fsp3) is 0.400. The maximum Gasteiger partial charge on any atom is 0.129 e. The number of halogens is 2. The molecule has 2 nitrogen and oxygen atoms in total. The molecule has 0 saturated heterocycles. The van der Waals surface area contributed by atoms with Gasteiger partial charge in [-0.2, -0.15) is 0 Å². The van der Waals surface area contributed by atoms with Crippen LogP contribution in [0.1, 0.15) is 35.7 Å². The number of hydrogen-bond donors (Lipinski definition) is 1. The average Bonchev–Trinajstić information content (AvgIpc) is 2.80. The van der Waals surface area contributed by atoms with Crippen LogP contribution >= 0.6 is 22.9 Å². The third-order valence-electron chi connectivity index (χ3n) is 3.02. The van der Waals surface area contributed by atoms with Gasteiger partial charge in [0, 0.05) is 34.1 Å². The Morgan fingerprint density at radius 1 is 1.45 bits per heavy atom. The smallest absolute Gasteiger partial charge is 0.129 e. The van der Waals surface area contributed by atoms with Crippen molar-refractivity contribution in [2.45, 2.75) is 32.7 Å². The molecular formula is C15H18ClFN2S. The molecule has 1 N–H and O–H groups in total. The zero-order valence-electron chi connectivity index (χ0n) is 11.6. The summed E-state index contributed by atoms with van der Waals surface area (Å²) in [6.45, 7) is 4.91. The van der Waals surface area contributed by atoms with Gasteiger partial charge in [-0.15, -0.1) is 11.3 Å². The summed E-state index contributed by atoms with van der Waals surface area (Å²) in [5.41, 5.74) is 1.66. The minimum Gasteiger partial charge on any atom is -0.309 e. The van der Waals surface area contributed by atoms with Gasteiger partial charge in [0.2, 0.25) is 0 Å². The lowest BCUT2D eigenvalue weighted by atomic mass is 10.0. The van der Waals surface area contributed by atoms with E-state index in [1.165, 1.54) is 6.07 Å². The van der Waals surface area contributed by atoms with Gasteiger partial charge in [0.15, 0.2) is 0 Å². The van der Waals surface area contributed by atoms with Crippen molar-refractivity contribution in [1.29, 1.82) is 0 Å². The van der Waals surface area contributed by atoms with Gasteiger partial charge in [-0.3, -0.25) is 0 Å².